The van der Waals surface area contributed by atoms with E-state index in [0.29, 0.717) is 6.04 Å². The summed E-state index contributed by atoms with van der Waals surface area (Å²) in [7, 11) is 1.69. The molecule has 0 aliphatic carbocycles. The van der Waals surface area contributed by atoms with Gasteiger partial charge >= 0.3 is 0 Å². The van der Waals surface area contributed by atoms with Crippen molar-refractivity contribution in [3.63, 3.8) is 0 Å². The standard InChI is InChI=1S/C25H30N2O2S/c1-4-27(17-24-16-26-18(2)30-24)22-13-14-29-25(15-22)21-7-5-19(6-8-21)20-9-11-23(28-3)12-10-20/h5-12,16,22,25H,4,13-15,17H2,1-3H3/t22-,25+/m0/s1. The Bertz CT molecular complexity index is 937. The highest BCUT2D eigenvalue weighted by molar-refractivity contribution is 7.11. The number of aromatic nitrogens is 1. The van der Waals surface area contributed by atoms with E-state index in [-0.39, 0.29) is 6.10 Å². The van der Waals surface area contributed by atoms with Crippen LogP contribution in [-0.2, 0) is 11.3 Å². The van der Waals surface area contributed by atoms with E-state index in [2.05, 4.69) is 60.1 Å². The zero-order chi connectivity index (χ0) is 20.9. The fourth-order valence-electron chi connectivity index (χ4n) is 4.19. The molecule has 0 radical (unpaired) electrons. The first-order valence-electron chi connectivity index (χ1n) is 10.7. The van der Waals surface area contributed by atoms with E-state index in [9.17, 15) is 0 Å². The molecule has 0 N–H and O–H groups in total. The number of thiazole rings is 1. The predicted molar refractivity (Wildman–Crippen MR) is 123 cm³/mol. The number of ether oxygens (including phenoxy) is 2. The van der Waals surface area contributed by atoms with Gasteiger partial charge in [-0.25, -0.2) is 4.98 Å². The van der Waals surface area contributed by atoms with Crippen LogP contribution in [0, 0.1) is 6.92 Å². The van der Waals surface area contributed by atoms with Crippen LogP contribution in [0.4, 0.5) is 0 Å². The Morgan fingerprint density at radius 1 is 1.10 bits per heavy atom. The zero-order valence-corrected chi connectivity index (χ0v) is 18.8. The molecule has 2 aromatic carbocycles. The fourth-order valence-corrected chi connectivity index (χ4v) is 5.02. The minimum absolute atomic E-state index is 0.158. The van der Waals surface area contributed by atoms with Gasteiger partial charge in [0, 0.05) is 30.3 Å². The molecule has 1 fully saturated rings. The Morgan fingerprint density at radius 3 is 2.40 bits per heavy atom. The van der Waals surface area contributed by atoms with E-state index in [1.807, 2.05) is 18.3 Å². The maximum absolute atomic E-state index is 6.17. The van der Waals surface area contributed by atoms with Crippen LogP contribution in [0.2, 0.25) is 0 Å². The fraction of sp³-hybridized carbons (Fsp3) is 0.400. The summed E-state index contributed by atoms with van der Waals surface area (Å²) in [6, 6.07) is 17.6. The van der Waals surface area contributed by atoms with Crippen molar-refractivity contribution in [2.75, 3.05) is 20.3 Å². The second-order valence-corrected chi connectivity index (χ2v) is 9.12. The van der Waals surface area contributed by atoms with Gasteiger partial charge in [0.1, 0.15) is 5.75 Å². The van der Waals surface area contributed by atoms with Gasteiger partial charge in [0.2, 0.25) is 0 Å². The van der Waals surface area contributed by atoms with Crippen LogP contribution in [0.25, 0.3) is 11.1 Å². The van der Waals surface area contributed by atoms with Gasteiger partial charge in [0.15, 0.2) is 0 Å². The predicted octanol–water partition coefficient (Wildman–Crippen LogP) is 5.87. The highest BCUT2D eigenvalue weighted by Crippen LogP contribution is 2.33. The largest absolute Gasteiger partial charge is 0.497 e. The number of benzene rings is 2. The van der Waals surface area contributed by atoms with Gasteiger partial charge in [-0.2, -0.15) is 0 Å². The molecular weight excluding hydrogens is 392 g/mol. The number of rotatable bonds is 7. The van der Waals surface area contributed by atoms with Crippen molar-refractivity contribution in [3.05, 3.63) is 70.2 Å². The third kappa shape index (κ3) is 4.91. The van der Waals surface area contributed by atoms with E-state index >= 15 is 0 Å². The number of aryl methyl sites for hydroxylation is 1. The van der Waals surface area contributed by atoms with E-state index in [1.165, 1.54) is 21.6 Å². The Kier molecular flexibility index (Phi) is 6.82. The topological polar surface area (TPSA) is 34.6 Å². The lowest BCUT2D eigenvalue weighted by Crippen LogP contribution is -2.39. The molecule has 3 aromatic rings. The molecule has 1 aliphatic heterocycles. The van der Waals surface area contributed by atoms with Crippen molar-refractivity contribution in [2.24, 2.45) is 0 Å². The molecule has 0 saturated carbocycles. The number of nitrogens with zero attached hydrogens (tertiary/aromatic N) is 2. The maximum atomic E-state index is 6.17. The van der Waals surface area contributed by atoms with Gasteiger partial charge < -0.3 is 9.47 Å². The summed E-state index contributed by atoms with van der Waals surface area (Å²) in [6.07, 6.45) is 4.31. The van der Waals surface area contributed by atoms with Crippen molar-refractivity contribution >= 4 is 11.3 Å². The highest BCUT2D eigenvalue weighted by atomic mass is 32.1. The molecule has 0 amide bonds. The van der Waals surface area contributed by atoms with Crippen molar-refractivity contribution in [1.82, 2.24) is 9.88 Å². The molecule has 158 valence electrons. The van der Waals surface area contributed by atoms with Crippen molar-refractivity contribution in [1.29, 1.82) is 0 Å². The molecule has 4 rings (SSSR count). The molecule has 0 bridgehead atoms. The third-order valence-corrected chi connectivity index (χ3v) is 6.81. The van der Waals surface area contributed by atoms with Gasteiger partial charge in [-0.05, 0) is 55.1 Å². The molecular formula is C25H30N2O2S. The second kappa shape index (κ2) is 9.73. The second-order valence-electron chi connectivity index (χ2n) is 7.80. The first-order chi connectivity index (χ1) is 14.7. The summed E-state index contributed by atoms with van der Waals surface area (Å²) < 4.78 is 11.4. The van der Waals surface area contributed by atoms with Crippen LogP contribution in [0.5, 0.6) is 5.75 Å². The van der Waals surface area contributed by atoms with E-state index in [1.54, 1.807) is 18.4 Å². The smallest absolute Gasteiger partial charge is 0.118 e. The van der Waals surface area contributed by atoms with Gasteiger partial charge in [0.05, 0.1) is 18.2 Å². The van der Waals surface area contributed by atoms with Crippen LogP contribution in [-0.4, -0.2) is 36.2 Å². The highest BCUT2D eigenvalue weighted by Gasteiger charge is 2.28. The van der Waals surface area contributed by atoms with Gasteiger partial charge in [-0.15, -0.1) is 11.3 Å². The lowest BCUT2D eigenvalue weighted by atomic mass is 9.94. The molecule has 0 spiro atoms. The summed E-state index contributed by atoms with van der Waals surface area (Å²) in [6.45, 7) is 7.17. The molecule has 30 heavy (non-hydrogen) atoms. The van der Waals surface area contributed by atoms with Gasteiger partial charge in [0.25, 0.3) is 0 Å². The summed E-state index contributed by atoms with van der Waals surface area (Å²) in [5, 5.41) is 1.14. The Labute approximate surface area is 183 Å². The van der Waals surface area contributed by atoms with Crippen LogP contribution in [0.15, 0.2) is 54.7 Å². The molecule has 1 saturated heterocycles. The summed E-state index contributed by atoms with van der Waals surface area (Å²) in [4.78, 5) is 8.34. The lowest BCUT2D eigenvalue weighted by Gasteiger charge is -2.37. The van der Waals surface area contributed by atoms with Crippen LogP contribution < -0.4 is 4.74 Å². The number of methoxy groups -OCH3 is 1. The first-order valence-corrected chi connectivity index (χ1v) is 11.5. The Morgan fingerprint density at radius 2 is 1.80 bits per heavy atom. The Hall–Kier alpha value is -2.21. The maximum Gasteiger partial charge on any atom is 0.118 e. The first kappa shape index (κ1) is 21.0. The molecule has 2 heterocycles. The molecule has 2 atom stereocenters. The average molecular weight is 423 g/mol. The normalized spacial score (nSPS) is 19.2. The van der Waals surface area contributed by atoms with Crippen LogP contribution in [0.1, 0.15) is 41.3 Å². The van der Waals surface area contributed by atoms with E-state index in [4.69, 9.17) is 9.47 Å². The van der Waals surface area contributed by atoms with Gasteiger partial charge in [-0.1, -0.05) is 43.3 Å². The van der Waals surface area contributed by atoms with E-state index < -0.39 is 0 Å². The quantitative estimate of drug-likeness (QED) is 0.477. The number of hydrogen-bond donors (Lipinski definition) is 0. The monoisotopic (exact) mass is 422 g/mol. The van der Waals surface area contributed by atoms with Crippen molar-refractivity contribution in [2.45, 2.75) is 45.4 Å². The minimum atomic E-state index is 0.158. The third-order valence-electron chi connectivity index (χ3n) is 5.91. The van der Waals surface area contributed by atoms with Crippen LogP contribution in [0.3, 0.4) is 0 Å². The molecule has 5 heteroatoms. The average Bonchev–Trinajstić information content (AvgIpc) is 3.22. The van der Waals surface area contributed by atoms with Gasteiger partial charge in [-0.3, -0.25) is 4.90 Å². The lowest BCUT2D eigenvalue weighted by molar-refractivity contribution is -0.0293. The van der Waals surface area contributed by atoms with E-state index in [0.717, 1.165) is 43.3 Å². The Balaban J connectivity index is 1.43. The molecule has 4 nitrogen and oxygen atoms in total. The number of hydrogen-bond acceptors (Lipinski definition) is 5. The summed E-state index contributed by atoms with van der Waals surface area (Å²) in [5.41, 5.74) is 3.67. The van der Waals surface area contributed by atoms with Crippen LogP contribution >= 0.6 is 11.3 Å². The zero-order valence-electron chi connectivity index (χ0n) is 18.0. The minimum Gasteiger partial charge on any atom is -0.497 e. The summed E-state index contributed by atoms with van der Waals surface area (Å²) in [5.74, 6) is 0.881. The summed E-state index contributed by atoms with van der Waals surface area (Å²) >= 11 is 1.80. The van der Waals surface area contributed by atoms with Crippen molar-refractivity contribution in [3.8, 4) is 16.9 Å². The molecule has 0 unspecified atom stereocenters. The molecule has 1 aromatic heterocycles. The molecule has 1 aliphatic rings. The SMILES string of the molecule is CCN(Cc1cnc(C)s1)[C@H]1CCO[C@@H](c2ccc(-c3ccc(OC)cc3)cc2)C1. The van der Waals surface area contributed by atoms with Crippen molar-refractivity contribution < 1.29 is 9.47 Å².